The number of carbonyl (C=O) groups excluding carboxylic acids is 2. The van der Waals surface area contributed by atoms with Gasteiger partial charge in [-0.25, -0.2) is 0 Å². The third kappa shape index (κ3) is 4.22. The normalized spacial score (nSPS) is 21.5. The zero-order chi connectivity index (χ0) is 21.8. The maximum Gasteiger partial charge on any atom is 0.295 e. The van der Waals surface area contributed by atoms with Gasteiger partial charge in [-0.05, 0) is 37.0 Å². The zero-order valence-electron chi connectivity index (χ0n) is 17.9. The number of amides is 1. The van der Waals surface area contributed by atoms with Crippen molar-refractivity contribution in [3.63, 3.8) is 0 Å². The van der Waals surface area contributed by atoms with Gasteiger partial charge in [-0.15, -0.1) is 0 Å². The minimum Gasteiger partial charge on any atom is -0.507 e. The Kier molecular flexibility index (Phi) is 6.40. The average molecular weight is 420 g/mol. The molecule has 1 N–H and O–H groups in total. The molecule has 2 aliphatic rings. The number of benzene rings is 2. The van der Waals surface area contributed by atoms with Gasteiger partial charge in [-0.3, -0.25) is 9.59 Å². The van der Waals surface area contributed by atoms with Crippen LogP contribution in [0.5, 0.6) is 5.75 Å². The number of ether oxygens (including phenoxy) is 1. The third-order valence-corrected chi connectivity index (χ3v) is 6.14. The van der Waals surface area contributed by atoms with Crippen LogP contribution in [0.15, 0.2) is 60.2 Å². The van der Waals surface area contributed by atoms with E-state index >= 15 is 0 Å². The Bertz CT molecular complexity index is 976. The molecule has 2 aromatic carbocycles. The van der Waals surface area contributed by atoms with E-state index in [0.717, 1.165) is 44.1 Å². The fourth-order valence-corrected chi connectivity index (χ4v) is 4.66. The molecule has 1 saturated heterocycles. The van der Waals surface area contributed by atoms with Crippen molar-refractivity contribution in [3.05, 3.63) is 71.3 Å². The molecule has 2 aromatic rings. The molecule has 1 atom stereocenters. The first-order chi connectivity index (χ1) is 15.1. The second kappa shape index (κ2) is 9.38. The summed E-state index contributed by atoms with van der Waals surface area (Å²) in [6.07, 6.45) is 5.89. The van der Waals surface area contributed by atoms with E-state index in [0.29, 0.717) is 17.9 Å². The van der Waals surface area contributed by atoms with Crippen molar-refractivity contribution >= 4 is 17.4 Å². The predicted molar refractivity (Wildman–Crippen MR) is 120 cm³/mol. The molecule has 0 spiro atoms. The van der Waals surface area contributed by atoms with Crippen LogP contribution in [-0.4, -0.2) is 34.3 Å². The first-order valence-electron chi connectivity index (χ1n) is 11.2. The molecule has 5 nitrogen and oxygen atoms in total. The molecule has 2 fully saturated rings. The monoisotopic (exact) mass is 419 g/mol. The molecule has 4 rings (SSSR count). The molecule has 1 unspecified atom stereocenters. The largest absolute Gasteiger partial charge is 0.507 e. The first kappa shape index (κ1) is 21.2. The van der Waals surface area contributed by atoms with Gasteiger partial charge in [0.15, 0.2) is 0 Å². The van der Waals surface area contributed by atoms with Crippen molar-refractivity contribution in [2.24, 2.45) is 0 Å². The summed E-state index contributed by atoms with van der Waals surface area (Å²) in [7, 11) is 0. The number of aliphatic hydroxyl groups is 1. The lowest BCUT2D eigenvalue weighted by molar-refractivity contribution is -0.141. The lowest BCUT2D eigenvalue weighted by Crippen LogP contribution is -2.40. The maximum atomic E-state index is 13.2. The Morgan fingerprint density at radius 2 is 1.77 bits per heavy atom. The molecule has 31 heavy (non-hydrogen) atoms. The number of aliphatic hydroxyl groups excluding tert-OH is 1. The van der Waals surface area contributed by atoms with Gasteiger partial charge >= 0.3 is 0 Å². The molecule has 1 aliphatic carbocycles. The third-order valence-electron chi connectivity index (χ3n) is 6.14. The Morgan fingerprint density at radius 3 is 2.48 bits per heavy atom. The van der Waals surface area contributed by atoms with E-state index in [1.54, 1.807) is 23.1 Å². The Labute approximate surface area is 183 Å². The molecule has 1 aliphatic heterocycles. The standard InChI is InChI=1S/C26H29NO4/c1-2-16-31-21-15-9-12-19(17-21)24(28)22-23(18-10-5-3-6-11-18)27(26(30)25(22)29)20-13-7-4-8-14-20/h3,5-6,9-12,15,17,20,23,28H,2,4,7-8,13-14,16H2,1H3/b24-22-. The van der Waals surface area contributed by atoms with E-state index in [4.69, 9.17) is 4.74 Å². The van der Waals surface area contributed by atoms with Crippen LogP contribution in [0, 0.1) is 0 Å². The lowest BCUT2D eigenvalue weighted by atomic mass is 9.91. The van der Waals surface area contributed by atoms with Crippen molar-refractivity contribution in [1.82, 2.24) is 4.90 Å². The second-order valence-electron chi connectivity index (χ2n) is 8.29. The van der Waals surface area contributed by atoms with Gasteiger partial charge in [0.05, 0.1) is 18.2 Å². The van der Waals surface area contributed by atoms with Gasteiger partial charge < -0.3 is 14.7 Å². The van der Waals surface area contributed by atoms with E-state index < -0.39 is 17.7 Å². The highest BCUT2D eigenvalue weighted by Gasteiger charge is 2.48. The number of nitrogens with zero attached hydrogens (tertiary/aromatic N) is 1. The summed E-state index contributed by atoms with van der Waals surface area (Å²) in [6, 6.07) is 16.0. The second-order valence-corrected chi connectivity index (χ2v) is 8.29. The molecule has 0 aromatic heterocycles. The molecule has 0 bridgehead atoms. The number of hydrogen-bond acceptors (Lipinski definition) is 4. The molecular formula is C26H29NO4. The van der Waals surface area contributed by atoms with Crippen molar-refractivity contribution in [3.8, 4) is 5.75 Å². The number of Topliss-reactive ketones (excluding diaryl/α,β-unsaturated/α-hetero) is 1. The van der Waals surface area contributed by atoms with Gasteiger partial charge in [0.1, 0.15) is 11.5 Å². The quantitative estimate of drug-likeness (QED) is 0.396. The van der Waals surface area contributed by atoms with Crippen LogP contribution < -0.4 is 4.74 Å². The molecule has 1 heterocycles. The van der Waals surface area contributed by atoms with Crippen LogP contribution >= 0.6 is 0 Å². The highest BCUT2D eigenvalue weighted by molar-refractivity contribution is 6.46. The van der Waals surface area contributed by atoms with Crippen LogP contribution in [0.4, 0.5) is 0 Å². The van der Waals surface area contributed by atoms with Crippen LogP contribution in [0.25, 0.3) is 5.76 Å². The summed E-state index contributed by atoms with van der Waals surface area (Å²) in [4.78, 5) is 28.0. The number of rotatable bonds is 6. The molecule has 0 radical (unpaired) electrons. The van der Waals surface area contributed by atoms with Crippen LogP contribution in [0.3, 0.4) is 0 Å². The van der Waals surface area contributed by atoms with Gasteiger partial charge in [0.2, 0.25) is 0 Å². The predicted octanol–water partition coefficient (Wildman–Crippen LogP) is 5.23. The Hall–Kier alpha value is -3.08. The minimum absolute atomic E-state index is 0.0138. The molecule has 5 heteroatoms. The summed E-state index contributed by atoms with van der Waals surface area (Å²) in [6.45, 7) is 2.59. The topological polar surface area (TPSA) is 66.8 Å². The van der Waals surface area contributed by atoms with E-state index in [-0.39, 0.29) is 17.4 Å². The van der Waals surface area contributed by atoms with Gasteiger partial charge in [0, 0.05) is 11.6 Å². The maximum absolute atomic E-state index is 13.2. The van der Waals surface area contributed by atoms with Crippen molar-refractivity contribution in [2.75, 3.05) is 6.61 Å². The lowest BCUT2D eigenvalue weighted by Gasteiger charge is -2.35. The number of likely N-dealkylation sites (tertiary alicyclic amines) is 1. The number of carbonyl (C=O) groups is 2. The summed E-state index contributed by atoms with van der Waals surface area (Å²) >= 11 is 0. The van der Waals surface area contributed by atoms with Crippen LogP contribution in [0.2, 0.25) is 0 Å². The fraction of sp³-hybridized carbons (Fsp3) is 0.385. The summed E-state index contributed by atoms with van der Waals surface area (Å²) in [5, 5.41) is 11.2. The summed E-state index contributed by atoms with van der Waals surface area (Å²) in [5.41, 5.74) is 1.48. The summed E-state index contributed by atoms with van der Waals surface area (Å²) in [5.74, 6) is -0.645. The van der Waals surface area contributed by atoms with Crippen LogP contribution in [-0.2, 0) is 9.59 Å². The number of hydrogen-bond donors (Lipinski definition) is 1. The van der Waals surface area contributed by atoms with E-state index in [1.165, 1.54) is 0 Å². The summed E-state index contributed by atoms with van der Waals surface area (Å²) < 4.78 is 5.69. The first-order valence-corrected chi connectivity index (χ1v) is 11.2. The average Bonchev–Trinajstić information content (AvgIpc) is 3.09. The van der Waals surface area contributed by atoms with Crippen LogP contribution in [0.1, 0.15) is 62.6 Å². The van der Waals surface area contributed by atoms with E-state index in [2.05, 4.69) is 0 Å². The zero-order valence-corrected chi connectivity index (χ0v) is 17.9. The highest BCUT2D eigenvalue weighted by Crippen LogP contribution is 2.43. The minimum atomic E-state index is -0.614. The molecular weight excluding hydrogens is 390 g/mol. The molecule has 1 saturated carbocycles. The Morgan fingerprint density at radius 1 is 1.03 bits per heavy atom. The SMILES string of the molecule is CCCOc1cccc(/C(O)=C2/C(=O)C(=O)N(C3CCCCC3)C2c2ccccc2)c1. The smallest absolute Gasteiger partial charge is 0.295 e. The molecule has 162 valence electrons. The fourth-order valence-electron chi connectivity index (χ4n) is 4.66. The number of ketones is 1. The van der Waals surface area contributed by atoms with Gasteiger partial charge in [-0.1, -0.05) is 68.7 Å². The molecule has 1 amide bonds. The van der Waals surface area contributed by atoms with Gasteiger partial charge in [-0.2, -0.15) is 0 Å². The van der Waals surface area contributed by atoms with Crippen molar-refractivity contribution in [2.45, 2.75) is 57.5 Å². The van der Waals surface area contributed by atoms with Crippen molar-refractivity contribution < 1.29 is 19.4 Å². The Balaban J connectivity index is 1.80. The van der Waals surface area contributed by atoms with Crippen molar-refractivity contribution in [1.29, 1.82) is 0 Å². The van der Waals surface area contributed by atoms with E-state index in [9.17, 15) is 14.7 Å². The van der Waals surface area contributed by atoms with E-state index in [1.807, 2.05) is 43.3 Å². The van der Waals surface area contributed by atoms with Gasteiger partial charge in [0.25, 0.3) is 11.7 Å². The highest BCUT2D eigenvalue weighted by atomic mass is 16.5.